The Morgan fingerprint density at radius 1 is 1.27 bits per heavy atom. The third kappa shape index (κ3) is 4.42. The SMILES string of the molecule is COc1ccccc1OCC(=O)Nc1nnc(CC(=O)O)s1. The van der Waals surface area contributed by atoms with Gasteiger partial charge in [0, 0.05) is 0 Å². The second-order valence-electron chi connectivity index (χ2n) is 4.06. The lowest BCUT2D eigenvalue weighted by Crippen LogP contribution is -2.20. The van der Waals surface area contributed by atoms with Crippen LogP contribution in [0.4, 0.5) is 5.13 Å². The van der Waals surface area contributed by atoms with Crippen molar-refractivity contribution in [2.24, 2.45) is 0 Å². The molecular weight excluding hydrogens is 310 g/mol. The monoisotopic (exact) mass is 323 g/mol. The molecule has 0 aliphatic heterocycles. The summed E-state index contributed by atoms with van der Waals surface area (Å²) < 4.78 is 10.5. The molecule has 116 valence electrons. The molecule has 1 aromatic heterocycles. The summed E-state index contributed by atoms with van der Waals surface area (Å²) in [6, 6.07) is 6.95. The molecule has 0 unspecified atom stereocenters. The Balaban J connectivity index is 1.87. The first kappa shape index (κ1) is 15.7. The van der Waals surface area contributed by atoms with Crippen LogP contribution in [0.25, 0.3) is 0 Å². The van der Waals surface area contributed by atoms with Crippen LogP contribution in [0.15, 0.2) is 24.3 Å². The van der Waals surface area contributed by atoms with E-state index in [1.807, 2.05) is 0 Å². The number of anilines is 1. The number of aliphatic carboxylic acids is 1. The fourth-order valence-corrected chi connectivity index (χ4v) is 2.29. The van der Waals surface area contributed by atoms with Crippen molar-refractivity contribution in [2.45, 2.75) is 6.42 Å². The summed E-state index contributed by atoms with van der Waals surface area (Å²) in [5.41, 5.74) is 0. The molecular formula is C13H13N3O5S. The van der Waals surface area contributed by atoms with Crippen LogP contribution in [-0.2, 0) is 16.0 Å². The minimum absolute atomic E-state index is 0.227. The maximum absolute atomic E-state index is 11.8. The van der Waals surface area contributed by atoms with Gasteiger partial charge in [-0.2, -0.15) is 0 Å². The number of carbonyl (C=O) groups is 2. The highest BCUT2D eigenvalue weighted by atomic mass is 32.1. The number of ether oxygens (including phenoxy) is 2. The number of methoxy groups -OCH3 is 1. The number of carboxylic acids is 1. The van der Waals surface area contributed by atoms with Gasteiger partial charge < -0.3 is 14.6 Å². The fraction of sp³-hybridized carbons (Fsp3) is 0.231. The Kier molecular flexibility index (Phi) is 5.26. The Labute approximate surface area is 129 Å². The molecule has 0 saturated carbocycles. The first-order chi connectivity index (χ1) is 10.6. The zero-order valence-electron chi connectivity index (χ0n) is 11.6. The Morgan fingerprint density at radius 3 is 2.68 bits per heavy atom. The van der Waals surface area contributed by atoms with Crippen molar-refractivity contribution in [3.8, 4) is 11.5 Å². The number of benzene rings is 1. The van der Waals surface area contributed by atoms with Crippen molar-refractivity contribution >= 4 is 28.3 Å². The molecule has 2 rings (SSSR count). The molecule has 9 heteroatoms. The minimum atomic E-state index is -1.01. The predicted octanol–water partition coefficient (Wildman–Crippen LogP) is 1.19. The average Bonchev–Trinajstić information content (AvgIpc) is 2.91. The van der Waals surface area contributed by atoms with Gasteiger partial charge in [0.25, 0.3) is 5.91 Å². The summed E-state index contributed by atoms with van der Waals surface area (Å²) in [7, 11) is 1.51. The van der Waals surface area contributed by atoms with Crippen LogP contribution in [0.2, 0.25) is 0 Å². The van der Waals surface area contributed by atoms with Crippen molar-refractivity contribution in [1.29, 1.82) is 0 Å². The van der Waals surface area contributed by atoms with Gasteiger partial charge in [-0.05, 0) is 12.1 Å². The number of rotatable bonds is 7. The molecule has 0 aliphatic rings. The first-order valence-corrected chi connectivity index (χ1v) is 7.00. The summed E-state index contributed by atoms with van der Waals surface area (Å²) in [6.07, 6.45) is -0.231. The van der Waals surface area contributed by atoms with Crippen LogP contribution in [0.3, 0.4) is 0 Å². The van der Waals surface area contributed by atoms with Gasteiger partial charge in [0.1, 0.15) is 5.01 Å². The van der Waals surface area contributed by atoms with E-state index in [-0.39, 0.29) is 18.2 Å². The second kappa shape index (κ2) is 7.36. The van der Waals surface area contributed by atoms with Gasteiger partial charge in [-0.25, -0.2) is 0 Å². The third-order valence-electron chi connectivity index (χ3n) is 2.44. The van der Waals surface area contributed by atoms with E-state index in [9.17, 15) is 9.59 Å². The Bertz CT molecular complexity index is 673. The normalized spacial score (nSPS) is 10.0. The van der Waals surface area contributed by atoms with E-state index in [4.69, 9.17) is 14.6 Å². The van der Waals surface area contributed by atoms with Gasteiger partial charge >= 0.3 is 5.97 Å². The van der Waals surface area contributed by atoms with Gasteiger partial charge in [0.15, 0.2) is 18.1 Å². The van der Waals surface area contributed by atoms with E-state index in [0.29, 0.717) is 16.5 Å². The summed E-state index contributed by atoms with van der Waals surface area (Å²) in [4.78, 5) is 22.3. The van der Waals surface area contributed by atoms with E-state index in [1.165, 1.54) is 7.11 Å². The molecule has 1 heterocycles. The van der Waals surface area contributed by atoms with Gasteiger partial charge in [-0.3, -0.25) is 14.9 Å². The molecule has 22 heavy (non-hydrogen) atoms. The molecule has 0 radical (unpaired) electrons. The highest BCUT2D eigenvalue weighted by Crippen LogP contribution is 2.25. The molecule has 0 bridgehead atoms. The van der Waals surface area contributed by atoms with Crippen LogP contribution in [0.5, 0.6) is 11.5 Å². The summed E-state index contributed by atoms with van der Waals surface area (Å²) in [5.74, 6) is -0.462. The number of nitrogens with zero attached hydrogens (tertiary/aromatic N) is 2. The van der Waals surface area contributed by atoms with E-state index >= 15 is 0 Å². The average molecular weight is 323 g/mol. The van der Waals surface area contributed by atoms with Gasteiger partial charge in [-0.15, -0.1) is 10.2 Å². The first-order valence-electron chi connectivity index (χ1n) is 6.18. The standard InChI is InChI=1S/C13H13N3O5S/c1-20-8-4-2-3-5-9(8)21-7-10(17)14-13-16-15-11(22-13)6-12(18)19/h2-5H,6-7H2,1H3,(H,18,19)(H,14,16,17). The van der Waals surface area contributed by atoms with Gasteiger partial charge in [-0.1, -0.05) is 23.5 Å². The van der Waals surface area contributed by atoms with Crippen molar-refractivity contribution in [3.05, 3.63) is 29.3 Å². The molecule has 0 aliphatic carbocycles. The smallest absolute Gasteiger partial charge is 0.310 e. The van der Waals surface area contributed by atoms with Crippen molar-refractivity contribution in [3.63, 3.8) is 0 Å². The van der Waals surface area contributed by atoms with Gasteiger partial charge in [0.2, 0.25) is 5.13 Å². The molecule has 2 N–H and O–H groups in total. The highest BCUT2D eigenvalue weighted by Gasteiger charge is 2.12. The van der Waals surface area contributed by atoms with E-state index < -0.39 is 11.9 Å². The van der Waals surface area contributed by atoms with Crippen molar-refractivity contribution in [2.75, 3.05) is 19.0 Å². The lowest BCUT2D eigenvalue weighted by molar-refractivity contribution is -0.136. The molecule has 1 aromatic carbocycles. The van der Waals surface area contributed by atoms with E-state index in [1.54, 1.807) is 24.3 Å². The third-order valence-corrected chi connectivity index (χ3v) is 3.28. The van der Waals surface area contributed by atoms with E-state index in [0.717, 1.165) is 11.3 Å². The summed E-state index contributed by atoms with van der Waals surface area (Å²) in [6.45, 7) is -0.228. The number of carboxylic acid groups (broad SMARTS) is 1. The van der Waals surface area contributed by atoms with Crippen molar-refractivity contribution < 1.29 is 24.2 Å². The second-order valence-corrected chi connectivity index (χ2v) is 5.12. The number of nitrogens with one attached hydrogen (secondary N) is 1. The predicted molar refractivity (Wildman–Crippen MR) is 78.4 cm³/mol. The number of hydrogen-bond acceptors (Lipinski definition) is 7. The molecule has 2 aromatic rings. The quantitative estimate of drug-likeness (QED) is 0.787. The molecule has 0 spiro atoms. The Morgan fingerprint density at radius 2 is 2.00 bits per heavy atom. The maximum atomic E-state index is 11.8. The number of aromatic nitrogens is 2. The number of carbonyl (C=O) groups excluding carboxylic acids is 1. The minimum Gasteiger partial charge on any atom is -0.493 e. The lowest BCUT2D eigenvalue weighted by atomic mass is 10.3. The molecule has 1 amide bonds. The molecule has 0 saturated heterocycles. The highest BCUT2D eigenvalue weighted by molar-refractivity contribution is 7.15. The maximum Gasteiger partial charge on any atom is 0.310 e. The summed E-state index contributed by atoms with van der Waals surface area (Å²) in [5, 5.41) is 19.0. The topological polar surface area (TPSA) is 111 Å². The number of amides is 1. The largest absolute Gasteiger partial charge is 0.493 e. The fourth-order valence-electron chi connectivity index (χ4n) is 1.54. The molecule has 0 atom stereocenters. The van der Waals surface area contributed by atoms with Crippen LogP contribution < -0.4 is 14.8 Å². The molecule has 8 nitrogen and oxygen atoms in total. The Hall–Kier alpha value is -2.68. The van der Waals surface area contributed by atoms with Crippen LogP contribution in [0, 0.1) is 0 Å². The zero-order valence-corrected chi connectivity index (χ0v) is 12.4. The number of para-hydroxylation sites is 2. The van der Waals surface area contributed by atoms with Crippen LogP contribution in [-0.4, -0.2) is 40.9 Å². The lowest BCUT2D eigenvalue weighted by Gasteiger charge is -2.09. The van der Waals surface area contributed by atoms with E-state index in [2.05, 4.69) is 15.5 Å². The number of hydrogen-bond donors (Lipinski definition) is 2. The molecule has 0 fully saturated rings. The summed E-state index contributed by atoms with van der Waals surface area (Å²) >= 11 is 1.00. The van der Waals surface area contributed by atoms with Gasteiger partial charge in [0.05, 0.1) is 13.5 Å². The van der Waals surface area contributed by atoms with Crippen LogP contribution in [0.1, 0.15) is 5.01 Å². The van der Waals surface area contributed by atoms with Crippen molar-refractivity contribution in [1.82, 2.24) is 10.2 Å². The van der Waals surface area contributed by atoms with Crippen LogP contribution >= 0.6 is 11.3 Å². The zero-order chi connectivity index (χ0) is 15.9.